The SMILES string of the molecule is CCOc1nc(N)nc(Nc2ccccc2OC(F)F)n1. The molecule has 0 amide bonds. The number of aromatic nitrogens is 3. The number of halogens is 2. The third kappa shape index (κ3) is 4.13. The second kappa shape index (κ2) is 6.64. The largest absolute Gasteiger partial charge is 0.464 e. The summed E-state index contributed by atoms with van der Waals surface area (Å²) in [4.78, 5) is 11.6. The fourth-order valence-electron chi connectivity index (χ4n) is 1.51. The molecule has 0 saturated carbocycles. The normalized spacial score (nSPS) is 10.5. The molecule has 2 rings (SSSR count). The Kier molecular flexibility index (Phi) is 4.64. The van der Waals surface area contributed by atoms with Crippen molar-refractivity contribution in [3.8, 4) is 11.8 Å². The lowest BCUT2D eigenvalue weighted by Crippen LogP contribution is -2.08. The first-order valence-electron chi connectivity index (χ1n) is 6.03. The van der Waals surface area contributed by atoms with Crippen LogP contribution in [0, 0.1) is 0 Å². The van der Waals surface area contributed by atoms with Gasteiger partial charge in [0.2, 0.25) is 11.9 Å². The maximum atomic E-state index is 12.3. The van der Waals surface area contributed by atoms with Crippen molar-refractivity contribution in [2.45, 2.75) is 13.5 Å². The lowest BCUT2D eigenvalue weighted by molar-refractivity contribution is -0.0493. The molecule has 0 saturated heterocycles. The number of nitrogens with one attached hydrogen (secondary N) is 1. The molecule has 0 fully saturated rings. The van der Waals surface area contributed by atoms with Crippen LogP contribution < -0.4 is 20.5 Å². The predicted molar refractivity (Wildman–Crippen MR) is 71.8 cm³/mol. The highest BCUT2D eigenvalue weighted by molar-refractivity contribution is 5.62. The van der Waals surface area contributed by atoms with Crippen molar-refractivity contribution in [1.29, 1.82) is 0 Å². The number of anilines is 3. The minimum atomic E-state index is -2.93. The quantitative estimate of drug-likeness (QED) is 0.843. The fraction of sp³-hybridized carbons (Fsp3) is 0.250. The zero-order valence-electron chi connectivity index (χ0n) is 11.1. The van der Waals surface area contributed by atoms with Crippen LogP contribution in [0.3, 0.4) is 0 Å². The number of para-hydroxylation sites is 2. The number of hydrogen-bond donors (Lipinski definition) is 2. The Balaban J connectivity index is 2.25. The number of benzene rings is 1. The Bertz CT molecular complexity index is 612. The fourth-order valence-corrected chi connectivity index (χ4v) is 1.51. The molecule has 9 heteroatoms. The van der Waals surface area contributed by atoms with Crippen molar-refractivity contribution < 1.29 is 18.3 Å². The molecule has 0 spiro atoms. The molecule has 21 heavy (non-hydrogen) atoms. The van der Waals surface area contributed by atoms with Gasteiger partial charge in [0.1, 0.15) is 5.75 Å². The number of nitrogens with zero attached hydrogens (tertiary/aromatic N) is 3. The third-order valence-electron chi connectivity index (χ3n) is 2.26. The maximum Gasteiger partial charge on any atom is 0.387 e. The van der Waals surface area contributed by atoms with Gasteiger partial charge < -0.3 is 20.5 Å². The van der Waals surface area contributed by atoms with E-state index in [9.17, 15) is 8.78 Å². The number of nitrogen functional groups attached to an aromatic ring is 1. The van der Waals surface area contributed by atoms with Gasteiger partial charge in [0, 0.05) is 0 Å². The summed E-state index contributed by atoms with van der Waals surface area (Å²) in [5.74, 6) is -0.0241. The van der Waals surface area contributed by atoms with Gasteiger partial charge >= 0.3 is 12.6 Å². The summed E-state index contributed by atoms with van der Waals surface area (Å²) in [6.07, 6.45) is 0. The highest BCUT2D eigenvalue weighted by Gasteiger charge is 2.11. The molecular formula is C12H13F2N5O2. The predicted octanol–water partition coefficient (Wildman–Crippen LogP) is 2.20. The molecule has 0 aliphatic heterocycles. The number of rotatable bonds is 6. The van der Waals surface area contributed by atoms with Crippen molar-refractivity contribution >= 4 is 17.6 Å². The van der Waals surface area contributed by atoms with Crippen molar-refractivity contribution in [2.24, 2.45) is 0 Å². The summed E-state index contributed by atoms with van der Waals surface area (Å²) in [6.45, 7) is -0.817. The summed E-state index contributed by atoms with van der Waals surface area (Å²) in [5.41, 5.74) is 5.80. The van der Waals surface area contributed by atoms with Crippen LogP contribution in [0.5, 0.6) is 11.8 Å². The Morgan fingerprint density at radius 2 is 2.00 bits per heavy atom. The van der Waals surface area contributed by atoms with Gasteiger partial charge in [-0.1, -0.05) is 12.1 Å². The van der Waals surface area contributed by atoms with Crippen LogP contribution >= 0.6 is 0 Å². The van der Waals surface area contributed by atoms with E-state index >= 15 is 0 Å². The zero-order chi connectivity index (χ0) is 15.2. The number of alkyl halides is 2. The molecule has 0 radical (unpaired) electrons. The van der Waals surface area contributed by atoms with Crippen LogP contribution in [0.25, 0.3) is 0 Å². The first-order valence-corrected chi connectivity index (χ1v) is 6.03. The zero-order valence-corrected chi connectivity index (χ0v) is 11.1. The third-order valence-corrected chi connectivity index (χ3v) is 2.26. The molecule has 112 valence electrons. The van der Waals surface area contributed by atoms with E-state index in [1.807, 2.05) is 0 Å². The van der Waals surface area contributed by atoms with Crippen LogP contribution in [0.15, 0.2) is 24.3 Å². The van der Waals surface area contributed by atoms with Gasteiger partial charge in [-0.2, -0.15) is 23.7 Å². The summed E-state index contributed by atoms with van der Waals surface area (Å²) < 4.78 is 34.2. The van der Waals surface area contributed by atoms with Gasteiger partial charge in [0.25, 0.3) is 0 Å². The van der Waals surface area contributed by atoms with Crippen LogP contribution in [0.4, 0.5) is 26.4 Å². The first-order chi connectivity index (χ1) is 10.1. The van der Waals surface area contributed by atoms with Crippen molar-refractivity contribution in [2.75, 3.05) is 17.7 Å². The van der Waals surface area contributed by atoms with E-state index in [1.165, 1.54) is 12.1 Å². The smallest absolute Gasteiger partial charge is 0.387 e. The topological polar surface area (TPSA) is 95.2 Å². The highest BCUT2D eigenvalue weighted by Crippen LogP contribution is 2.27. The summed E-state index contributed by atoms with van der Waals surface area (Å²) in [7, 11) is 0. The minimum absolute atomic E-state index is 0.0376. The highest BCUT2D eigenvalue weighted by atomic mass is 19.3. The van der Waals surface area contributed by atoms with Crippen molar-refractivity contribution in [3.63, 3.8) is 0 Å². The van der Waals surface area contributed by atoms with Crippen LogP contribution in [0.2, 0.25) is 0 Å². The monoisotopic (exact) mass is 297 g/mol. The molecular weight excluding hydrogens is 284 g/mol. The van der Waals surface area contributed by atoms with Crippen molar-refractivity contribution in [1.82, 2.24) is 15.0 Å². The molecule has 0 aliphatic carbocycles. The first kappa shape index (κ1) is 14.7. The van der Waals surface area contributed by atoms with Gasteiger partial charge in [-0.3, -0.25) is 0 Å². The Hall–Kier alpha value is -2.71. The van der Waals surface area contributed by atoms with Gasteiger partial charge in [0.15, 0.2) is 0 Å². The average Bonchev–Trinajstić information content (AvgIpc) is 2.40. The Labute approximate surface area is 119 Å². The molecule has 0 bridgehead atoms. The van der Waals surface area contributed by atoms with Crippen molar-refractivity contribution in [3.05, 3.63) is 24.3 Å². The summed E-state index contributed by atoms with van der Waals surface area (Å²) in [6, 6.07) is 6.19. The molecule has 7 nitrogen and oxygen atoms in total. The molecule has 1 heterocycles. The second-order valence-corrected chi connectivity index (χ2v) is 3.73. The van der Waals surface area contributed by atoms with E-state index in [-0.39, 0.29) is 29.3 Å². The molecule has 0 unspecified atom stereocenters. The molecule has 1 aromatic heterocycles. The lowest BCUT2D eigenvalue weighted by Gasteiger charge is -2.12. The van der Waals surface area contributed by atoms with Gasteiger partial charge in [0.05, 0.1) is 12.3 Å². The van der Waals surface area contributed by atoms with E-state index in [1.54, 1.807) is 19.1 Å². The maximum absolute atomic E-state index is 12.3. The number of nitrogens with two attached hydrogens (primary N) is 1. The molecule has 3 N–H and O–H groups in total. The van der Waals surface area contributed by atoms with Gasteiger partial charge in [-0.15, -0.1) is 0 Å². The average molecular weight is 297 g/mol. The molecule has 1 aromatic carbocycles. The van der Waals surface area contributed by atoms with Gasteiger partial charge in [-0.05, 0) is 19.1 Å². The number of hydrogen-bond acceptors (Lipinski definition) is 7. The van der Waals surface area contributed by atoms with E-state index in [0.29, 0.717) is 6.61 Å². The standard InChI is InChI=1S/C12H13F2N5O2/c1-2-20-12-18-10(15)17-11(19-12)16-7-5-3-4-6-8(7)21-9(13)14/h3-6,9H,2H2,1H3,(H3,15,16,17,18,19). The Morgan fingerprint density at radius 3 is 2.71 bits per heavy atom. The summed E-state index contributed by atoms with van der Waals surface area (Å²) in [5, 5.41) is 2.74. The van der Waals surface area contributed by atoms with Crippen LogP contribution in [-0.4, -0.2) is 28.2 Å². The van der Waals surface area contributed by atoms with E-state index in [0.717, 1.165) is 0 Å². The van der Waals surface area contributed by atoms with E-state index in [4.69, 9.17) is 10.5 Å². The van der Waals surface area contributed by atoms with E-state index in [2.05, 4.69) is 25.0 Å². The minimum Gasteiger partial charge on any atom is -0.464 e. The molecule has 2 aromatic rings. The summed E-state index contributed by atoms with van der Waals surface area (Å²) >= 11 is 0. The lowest BCUT2D eigenvalue weighted by atomic mass is 10.3. The Morgan fingerprint density at radius 1 is 1.24 bits per heavy atom. The van der Waals surface area contributed by atoms with Crippen LogP contribution in [0.1, 0.15) is 6.92 Å². The van der Waals surface area contributed by atoms with E-state index < -0.39 is 6.61 Å². The van der Waals surface area contributed by atoms with Gasteiger partial charge in [-0.25, -0.2) is 0 Å². The second-order valence-electron chi connectivity index (χ2n) is 3.73. The molecule has 0 atom stereocenters. The number of ether oxygens (including phenoxy) is 2. The molecule has 0 aliphatic rings. The van der Waals surface area contributed by atoms with Crippen LogP contribution in [-0.2, 0) is 0 Å².